The van der Waals surface area contributed by atoms with Gasteiger partial charge < -0.3 is 10.2 Å². The van der Waals surface area contributed by atoms with E-state index >= 15 is 0 Å². The van der Waals surface area contributed by atoms with E-state index in [1.165, 1.54) is 4.88 Å². The second kappa shape index (κ2) is 9.00. The number of amides is 2. The van der Waals surface area contributed by atoms with E-state index in [9.17, 15) is 9.59 Å². The number of thiazole rings is 1. The summed E-state index contributed by atoms with van der Waals surface area (Å²) in [6.45, 7) is 10.5. The lowest BCUT2D eigenvalue weighted by atomic mass is 10.0. The van der Waals surface area contributed by atoms with Crippen LogP contribution in [-0.4, -0.2) is 39.2 Å². The minimum absolute atomic E-state index is 0.0908. The van der Waals surface area contributed by atoms with Gasteiger partial charge >= 0.3 is 0 Å². The van der Waals surface area contributed by atoms with Crippen molar-refractivity contribution in [2.45, 2.75) is 53.6 Å². The molecule has 2 amide bonds. The third kappa shape index (κ3) is 4.73. The Bertz CT molecular complexity index is 1070. The van der Waals surface area contributed by atoms with E-state index in [1.807, 2.05) is 39.0 Å². The van der Waals surface area contributed by atoms with Crippen LogP contribution in [0.25, 0.3) is 4.96 Å². The molecule has 0 bridgehead atoms. The Balaban J connectivity index is 1.79. The Morgan fingerprint density at radius 1 is 1.20 bits per heavy atom. The van der Waals surface area contributed by atoms with Crippen LogP contribution in [0.5, 0.6) is 0 Å². The second-order valence-corrected chi connectivity index (χ2v) is 9.52. The first-order valence-corrected chi connectivity index (χ1v) is 11.0. The van der Waals surface area contributed by atoms with Gasteiger partial charge in [-0.1, -0.05) is 32.0 Å². The highest BCUT2D eigenvalue weighted by atomic mass is 32.1. The van der Waals surface area contributed by atoms with E-state index in [0.717, 1.165) is 21.9 Å². The van der Waals surface area contributed by atoms with Crippen molar-refractivity contribution in [3.05, 3.63) is 57.9 Å². The fourth-order valence-electron chi connectivity index (χ4n) is 3.62. The van der Waals surface area contributed by atoms with Gasteiger partial charge in [0.2, 0.25) is 5.91 Å². The molecule has 3 aromatic rings. The predicted octanol–water partition coefficient (Wildman–Crippen LogP) is 4.12. The fourth-order valence-corrected chi connectivity index (χ4v) is 4.51. The third-order valence-corrected chi connectivity index (χ3v) is 6.10. The molecule has 1 unspecified atom stereocenters. The number of aromatic nitrogens is 2. The Labute approximate surface area is 181 Å². The van der Waals surface area contributed by atoms with Crippen molar-refractivity contribution in [1.82, 2.24) is 19.6 Å². The quantitative estimate of drug-likeness (QED) is 0.618. The van der Waals surface area contributed by atoms with Crippen LogP contribution in [0.1, 0.15) is 52.5 Å². The first kappa shape index (κ1) is 22.0. The number of benzene rings is 1. The molecule has 30 heavy (non-hydrogen) atoms. The third-order valence-electron chi connectivity index (χ3n) is 5.20. The Morgan fingerprint density at radius 2 is 1.90 bits per heavy atom. The molecule has 0 aliphatic heterocycles. The number of likely N-dealkylation sites (N-methyl/N-ethyl adjacent to an activating group) is 1. The molecule has 2 heterocycles. The van der Waals surface area contributed by atoms with Gasteiger partial charge in [0.05, 0.1) is 17.9 Å². The first-order chi connectivity index (χ1) is 14.2. The molecule has 1 aromatic carbocycles. The fraction of sp³-hybridized carbons (Fsp3) is 0.435. The average Bonchev–Trinajstić information content (AvgIpc) is 3.16. The summed E-state index contributed by atoms with van der Waals surface area (Å²) in [7, 11) is 1.79. The first-order valence-electron chi connectivity index (χ1n) is 10.2. The molecule has 0 aliphatic carbocycles. The number of nitrogens with zero attached hydrogens (tertiary/aromatic N) is 3. The van der Waals surface area contributed by atoms with E-state index in [2.05, 4.69) is 34.7 Å². The number of rotatable bonds is 7. The standard InChI is InChI=1S/C23H30N4O2S/c1-14(2)11-19(25-21(28)18-10-8-7-9-15(18)3)22(29)26(6)13-20-17(5)24-23-27(20)12-16(4)30-23/h7-10,12,14,19H,11,13H2,1-6H3,(H,25,28). The van der Waals surface area contributed by atoms with Gasteiger partial charge in [-0.05, 0) is 44.7 Å². The summed E-state index contributed by atoms with van der Waals surface area (Å²) in [5, 5.41) is 2.97. The Morgan fingerprint density at radius 3 is 2.57 bits per heavy atom. The highest BCUT2D eigenvalue weighted by Gasteiger charge is 2.27. The van der Waals surface area contributed by atoms with Crippen molar-refractivity contribution in [3.8, 4) is 0 Å². The molecule has 0 fully saturated rings. The number of carbonyl (C=O) groups is 2. The van der Waals surface area contributed by atoms with Gasteiger partial charge in [-0.15, -0.1) is 11.3 Å². The van der Waals surface area contributed by atoms with Crippen LogP contribution in [-0.2, 0) is 11.3 Å². The maximum absolute atomic E-state index is 13.3. The van der Waals surface area contributed by atoms with Crippen molar-refractivity contribution in [2.75, 3.05) is 7.05 Å². The van der Waals surface area contributed by atoms with Crippen molar-refractivity contribution in [2.24, 2.45) is 5.92 Å². The number of fused-ring (bicyclic) bond motifs is 1. The molecule has 0 saturated carbocycles. The molecule has 0 radical (unpaired) electrons. The van der Waals surface area contributed by atoms with Crippen LogP contribution in [0.2, 0.25) is 0 Å². The molecule has 160 valence electrons. The lowest BCUT2D eigenvalue weighted by Crippen LogP contribution is -2.48. The van der Waals surface area contributed by atoms with Crippen molar-refractivity contribution < 1.29 is 9.59 Å². The molecule has 3 rings (SSSR count). The van der Waals surface area contributed by atoms with Crippen LogP contribution in [0, 0.1) is 26.7 Å². The average molecular weight is 427 g/mol. The van der Waals surface area contributed by atoms with Crippen LogP contribution in [0.3, 0.4) is 0 Å². The molecule has 1 N–H and O–H groups in total. The minimum Gasteiger partial charge on any atom is -0.340 e. The number of hydrogen-bond acceptors (Lipinski definition) is 4. The van der Waals surface area contributed by atoms with E-state index in [4.69, 9.17) is 0 Å². The number of hydrogen-bond donors (Lipinski definition) is 1. The normalized spacial score (nSPS) is 12.4. The molecular weight excluding hydrogens is 396 g/mol. The molecule has 0 spiro atoms. The molecule has 2 aromatic heterocycles. The highest BCUT2D eigenvalue weighted by molar-refractivity contribution is 7.17. The van der Waals surface area contributed by atoms with Gasteiger partial charge in [-0.25, -0.2) is 4.98 Å². The molecule has 0 saturated heterocycles. The van der Waals surface area contributed by atoms with Crippen molar-refractivity contribution in [1.29, 1.82) is 0 Å². The van der Waals surface area contributed by atoms with Gasteiger partial charge in [0.1, 0.15) is 6.04 Å². The predicted molar refractivity (Wildman–Crippen MR) is 121 cm³/mol. The Kier molecular flexibility index (Phi) is 6.61. The number of aryl methyl sites for hydroxylation is 3. The molecule has 6 nitrogen and oxygen atoms in total. The van der Waals surface area contributed by atoms with Gasteiger partial charge in [0, 0.05) is 23.7 Å². The van der Waals surface area contributed by atoms with Gasteiger partial charge in [0.15, 0.2) is 4.96 Å². The largest absolute Gasteiger partial charge is 0.340 e. The summed E-state index contributed by atoms with van der Waals surface area (Å²) in [5.41, 5.74) is 3.41. The monoisotopic (exact) mass is 426 g/mol. The second-order valence-electron chi connectivity index (χ2n) is 8.30. The van der Waals surface area contributed by atoms with Gasteiger partial charge in [0.25, 0.3) is 5.91 Å². The zero-order valence-corrected chi connectivity index (χ0v) is 19.3. The topological polar surface area (TPSA) is 66.7 Å². The number of imidazole rings is 1. The lowest BCUT2D eigenvalue weighted by molar-refractivity contribution is -0.132. The van der Waals surface area contributed by atoms with Crippen LogP contribution >= 0.6 is 11.3 Å². The zero-order chi connectivity index (χ0) is 22.0. The number of carbonyl (C=O) groups excluding carboxylic acids is 2. The van der Waals surface area contributed by atoms with E-state index in [-0.39, 0.29) is 17.7 Å². The van der Waals surface area contributed by atoms with E-state index in [1.54, 1.807) is 29.4 Å². The maximum atomic E-state index is 13.3. The molecule has 0 aliphatic rings. The molecular formula is C23H30N4O2S. The number of nitrogens with one attached hydrogen (secondary N) is 1. The summed E-state index contributed by atoms with van der Waals surface area (Å²) < 4.78 is 2.06. The van der Waals surface area contributed by atoms with Gasteiger partial charge in [-0.3, -0.25) is 14.0 Å². The Hall–Kier alpha value is -2.67. The summed E-state index contributed by atoms with van der Waals surface area (Å²) in [4.78, 5) is 34.5. The van der Waals surface area contributed by atoms with Crippen LogP contribution in [0.4, 0.5) is 0 Å². The van der Waals surface area contributed by atoms with Crippen molar-refractivity contribution in [3.63, 3.8) is 0 Å². The molecule has 1 atom stereocenters. The summed E-state index contributed by atoms with van der Waals surface area (Å²) in [6, 6.07) is 6.85. The minimum atomic E-state index is -0.574. The summed E-state index contributed by atoms with van der Waals surface area (Å²) in [5.74, 6) is -0.0312. The van der Waals surface area contributed by atoms with E-state index < -0.39 is 6.04 Å². The maximum Gasteiger partial charge on any atom is 0.252 e. The smallest absolute Gasteiger partial charge is 0.252 e. The van der Waals surface area contributed by atoms with E-state index in [0.29, 0.717) is 18.5 Å². The van der Waals surface area contributed by atoms with Gasteiger partial charge in [-0.2, -0.15) is 0 Å². The summed E-state index contributed by atoms with van der Waals surface area (Å²) >= 11 is 1.64. The lowest BCUT2D eigenvalue weighted by Gasteiger charge is -2.26. The SMILES string of the molecule is Cc1cn2c(CN(C)C(=O)C(CC(C)C)NC(=O)c3ccccc3C)c(C)nc2s1. The van der Waals surface area contributed by atoms with Crippen LogP contribution < -0.4 is 5.32 Å². The highest BCUT2D eigenvalue weighted by Crippen LogP contribution is 2.22. The van der Waals surface area contributed by atoms with Crippen LogP contribution in [0.15, 0.2) is 30.5 Å². The van der Waals surface area contributed by atoms with Crippen molar-refractivity contribution >= 4 is 28.1 Å². The summed E-state index contributed by atoms with van der Waals surface area (Å²) in [6.07, 6.45) is 2.64. The molecule has 7 heteroatoms. The zero-order valence-electron chi connectivity index (χ0n) is 18.5.